The van der Waals surface area contributed by atoms with Crippen LogP contribution in [-0.4, -0.2) is 34.4 Å². The molecule has 0 bridgehead atoms. The maximum atomic E-state index is 11.5. The molecule has 1 aliphatic rings. The van der Waals surface area contributed by atoms with Crippen LogP contribution in [0.5, 0.6) is 0 Å². The van der Waals surface area contributed by atoms with Gasteiger partial charge in [0.05, 0.1) is 6.04 Å². The molecule has 114 valence electrons. The minimum atomic E-state index is -1.31. The molecule has 3 N–H and O–H groups in total. The number of nitrogens with one attached hydrogen (secondary N) is 2. The molecule has 0 aromatic heterocycles. The maximum absolute atomic E-state index is 11.5. The van der Waals surface area contributed by atoms with Gasteiger partial charge in [-0.1, -0.05) is 0 Å². The fourth-order valence-corrected chi connectivity index (χ4v) is 1.31. The predicted octanol–water partition coefficient (Wildman–Crippen LogP) is 1.55. The average molecular weight is 286 g/mol. The van der Waals surface area contributed by atoms with Crippen LogP contribution in [0.1, 0.15) is 41.0 Å². The largest absolute Gasteiger partial charge is 0.479 e. The quantitative estimate of drug-likeness (QED) is 0.663. The van der Waals surface area contributed by atoms with Crippen LogP contribution in [0.4, 0.5) is 4.79 Å². The number of carboxylic acids is 1. The number of carboxylic acid groups (broad SMARTS) is 1. The monoisotopic (exact) mass is 286 g/mol. The standard InChI is InChI=1S/C13H22N2O5/c1-12(2,3)19-11(18)14-8-6-9(7-8)15-20-13(4,5)10(16)17/h6,8,15H,7H2,1-5H3,(H,14,18)(H,16,17). The molecule has 0 aliphatic heterocycles. The zero-order valence-electron chi connectivity index (χ0n) is 12.4. The Morgan fingerprint density at radius 1 is 1.30 bits per heavy atom. The maximum Gasteiger partial charge on any atom is 0.408 e. The van der Waals surface area contributed by atoms with Gasteiger partial charge < -0.3 is 15.2 Å². The summed E-state index contributed by atoms with van der Waals surface area (Å²) in [5, 5.41) is 11.5. The molecule has 0 saturated heterocycles. The van der Waals surface area contributed by atoms with Gasteiger partial charge in [-0.2, -0.15) is 0 Å². The molecule has 0 fully saturated rings. The number of carbonyl (C=O) groups is 2. The Morgan fingerprint density at radius 2 is 1.85 bits per heavy atom. The van der Waals surface area contributed by atoms with Gasteiger partial charge in [0, 0.05) is 12.1 Å². The van der Waals surface area contributed by atoms with Crippen molar-refractivity contribution < 1.29 is 24.3 Å². The van der Waals surface area contributed by atoms with Crippen molar-refractivity contribution in [3.63, 3.8) is 0 Å². The summed E-state index contributed by atoms with van der Waals surface area (Å²) in [6.07, 6.45) is 1.79. The molecule has 0 spiro atoms. The first kappa shape index (κ1) is 16.3. The molecule has 0 aromatic carbocycles. The van der Waals surface area contributed by atoms with Gasteiger partial charge in [-0.15, -0.1) is 0 Å². The lowest BCUT2D eigenvalue weighted by Gasteiger charge is -2.30. The SMILES string of the molecule is CC(C)(C)OC(=O)NC1C=C(NOC(C)(C)C(=O)O)C1. The van der Waals surface area contributed by atoms with Gasteiger partial charge in [0.1, 0.15) is 5.60 Å². The number of alkyl carbamates (subject to hydrolysis) is 1. The molecule has 0 saturated carbocycles. The van der Waals surface area contributed by atoms with Crippen molar-refractivity contribution in [2.24, 2.45) is 0 Å². The van der Waals surface area contributed by atoms with Gasteiger partial charge in [-0.25, -0.2) is 9.59 Å². The first-order valence-electron chi connectivity index (χ1n) is 6.37. The molecular weight excluding hydrogens is 264 g/mol. The molecule has 0 radical (unpaired) electrons. The van der Waals surface area contributed by atoms with E-state index in [-0.39, 0.29) is 6.04 Å². The molecule has 1 rings (SSSR count). The Hall–Kier alpha value is -1.76. The van der Waals surface area contributed by atoms with Crippen LogP contribution >= 0.6 is 0 Å². The molecular formula is C13H22N2O5. The van der Waals surface area contributed by atoms with Crippen LogP contribution in [0.15, 0.2) is 11.8 Å². The summed E-state index contributed by atoms with van der Waals surface area (Å²) in [5.74, 6) is -1.06. The van der Waals surface area contributed by atoms with E-state index in [2.05, 4.69) is 10.8 Å². The van der Waals surface area contributed by atoms with Crippen LogP contribution in [-0.2, 0) is 14.4 Å². The predicted molar refractivity (Wildman–Crippen MR) is 71.8 cm³/mol. The van der Waals surface area contributed by atoms with E-state index in [1.807, 2.05) is 0 Å². The van der Waals surface area contributed by atoms with Crippen LogP contribution in [0, 0.1) is 0 Å². The number of hydrogen-bond donors (Lipinski definition) is 3. The molecule has 1 atom stereocenters. The van der Waals surface area contributed by atoms with E-state index < -0.39 is 23.3 Å². The number of ether oxygens (including phenoxy) is 1. The normalized spacial score (nSPS) is 18.6. The number of hydroxylamine groups is 1. The number of carbonyl (C=O) groups excluding carboxylic acids is 1. The summed E-state index contributed by atoms with van der Waals surface area (Å²) < 4.78 is 5.12. The fraction of sp³-hybridized carbons (Fsp3) is 0.692. The lowest BCUT2D eigenvalue weighted by Crippen LogP contribution is -2.45. The Kier molecular flexibility index (Phi) is 4.65. The lowest BCUT2D eigenvalue weighted by molar-refractivity contribution is -0.168. The summed E-state index contributed by atoms with van der Waals surface area (Å²) >= 11 is 0. The number of amides is 1. The first-order chi connectivity index (χ1) is 8.99. The van der Waals surface area contributed by atoms with E-state index in [4.69, 9.17) is 14.7 Å². The van der Waals surface area contributed by atoms with Crippen LogP contribution in [0.2, 0.25) is 0 Å². The summed E-state index contributed by atoms with van der Waals surface area (Å²) in [5.41, 5.74) is 1.45. The lowest BCUT2D eigenvalue weighted by atomic mass is 10.0. The Morgan fingerprint density at radius 3 is 2.30 bits per heavy atom. The third-order valence-corrected chi connectivity index (χ3v) is 2.50. The molecule has 1 amide bonds. The van der Waals surface area contributed by atoms with Crippen LogP contribution in [0.3, 0.4) is 0 Å². The van der Waals surface area contributed by atoms with Gasteiger partial charge in [0.15, 0.2) is 5.60 Å². The summed E-state index contributed by atoms with van der Waals surface area (Å²) in [7, 11) is 0. The molecule has 7 heteroatoms. The molecule has 0 aromatic rings. The van der Waals surface area contributed by atoms with Gasteiger partial charge in [0.25, 0.3) is 0 Å². The molecule has 7 nitrogen and oxygen atoms in total. The van der Waals surface area contributed by atoms with Crippen molar-refractivity contribution in [1.82, 2.24) is 10.8 Å². The van der Waals surface area contributed by atoms with Gasteiger partial charge in [0.2, 0.25) is 0 Å². The Balaban J connectivity index is 2.32. The third kappa shape index (κ3) is 5.08. The second-order valence-corrected chi connectivity index (χ2v) is 6.17. The number of aliphatic carboxylic acids is 1. The second kappa shape index (κ2) is 5.70. The van der Waals surface area contributed by atoms with Gasteiger partial charge in [-0.3, -0.25) is 10.3 Å². The summed E-state index contributed by atoms with van der Waals surface area (Å²) in [6.45, 7) is 8.25. The zero-order chi connectivity index (χ0) is 15.6. The van der Waals surface area contributed by atoms with Crippen molar-refractivity contribution in [2.45, 2.75) is 58.3 Å². The summed E-state index contributed by atoms with van der Waals surface area (Å²) in [4.78, 5) is 27.4. The van der Waals surface area contributed by atoms with E-state index in [9.17, 15) is 9.59 Å². The molecule has 1 aliphatic carbocycles. The first-order valence-corrected chi connectivity index (χ1v) is 6.37. The zero-order valence-corrected chi connectivity index (χ0v) is 12.4. The smallest absolute Gasteiger partial charge is 0.408 e. The van der Waals surface area contributed by atoms with E-state index >= 15 is 0 Å². The van der Waals surface area contributed by atoms with Crippen molar-refractivity contribution >= 4 is 12.1 Å². The van der Waals surface area contributed by atoms with E-state index in [1.165, 1.54) is 13.8 Å². The number of hydrogen-bond acceptors (Lipinski definition) is 5. The fourth-order valence-electron chi connectivity index (χ4n) is 1.31. The van der Waals surface area contributed by atoms with E-state index in [0.717, 1.165) is 5.70 Å². The highest BCUT2D eigenvalue weighted by Gasteiger charge is 2.31. The van der Waals surface area contributed by atoms with E-state index in [1.54, 1.807) is 26.8 Å². The van der Waals surface area contributed by atoms with Crippen molar-refractivity contribution in [2.75, 3.05) is 0 Å². The third-order valence-electron chi connectivity index (χ3n) is 2.50. The number of rotatable bonds is 5. The second-order valence-electron chi connectivity index (χ2n) is 6.17. The topological polar surface area (TPSA) is 96.9 Å². The van der Waals surface area contributed by atoms with Gasteiger partial charge in [-0.05, 0) is 40.7 Å². The van der Waals surface area contributed by atoms with Gasteiger partial charge >= 0.3 is 12.1 Å². The summed E-state index contributed by atoms with van der Waals surface area (Å²) in [6, 6.07) is -0.135. The van der Waals surface area contributed by atoms with Crippen molar-refractivity contribution in [1.29, 1.82) is 0 Å². The van der Waals surface area contributed by atoms with Crippen LogP contribution < -0.4 is 10.8 Å². The van der Waals surface area contributed by atoms with Crippen LogP contribution in [0.25, 0.3) is 0 Å². The van der Waals surface area contributed by atoms with Crippen molar-refractivity contribution in [3.05, 3.63) is 11.8 Å². The average Bonchev–Trinajstić information content (AvgIpc) is 2.18. The highest BCUT2D eigenvalue weighted by Crippen LogP contribution is 2.19. The highest BCUT2D eigenvalue weighted by atomic mass is 16.7. The Bertz CT molecular complexity index is 423. The Labute approximate surface area is 118 Å². The highest BCUT2D eigenvalue weighted by molar-refractivity contribution is 5.76. The molecule has 1 unspecified atom stereocenters. The minimum absolute atomic E-state index is 0.135. The minimum Gasteiger partial charge on any atom is -0.479 e. The molecule has 0 heterocycles. The van der Waals surface area contributed by atoms with Crippen molar-refractivity contribution in [3.8, 4) is 0 Å². The van der Waals surface area contributed by atoms with E-state index in [0.29, 0.717) is 6.42 Å². The molecule has 20 heavy (non-hydrogen) atoms.